The van der Waals surface area contributed by atoms with Crippen LogP contribution in [0, 0.1) is 34.1 Å². The normalized spacial score (nSPS) is 10.2. The Bertz CT molecular complexity index is 955. The van der Waals surface area contributed by atoms with Gasteiger partial charge in [-0.05, 0) is 43.5 Å². The molecule has 0 atom stereocenters. The molecule has 2 aromatic carbocycles. The predicted molar refractivity (Wildman–Crippen MR) is 104 cm³/mol. The van der Waals surface area contributed by atoms with Gasteiger partial charge in [0.2, 0.25) is 0 Å². The summed E-state index contributed by atoms with van der Waals surface area (Å²) >= 11 is 0. The van der Waals surface area contributed by atoms with Crippen molar-refractivity contribution >= 4 is 23.0 Å². The minimum Gasteiger partial charge on any atom is -0.483 e. The van der Waals surface area contributed by atoms with E-state index >= 15 is 0 Å². The Hall–Kier alpha value is -3.75. The summed E-state index contributed by atoms with van der Waals surface area (Å²) in [4.78, 5) is 33.2. The number of anilines is 1. The van der Waals surface area contributed by atoms with Gasteiger partial charge in [-0.25, -0.2) is 0 Å². The maximum atomic E-state index is 12.2. The third-order valence-corrected chi connectivity index (χ3v) is 4.06. The van der Waals surface area contributed by atoms with Gasteiger partial charge in [0.15, 0.2) is 6.61 Å². The van der Waals surface area contributed by atoms with Crippen LogP contribution in [0.2, 0.25) is 0 Å². The monoisotopic (exact) mass is 385 g/mol. The lowest BCUT2D eigenvalue weighted by atomic mass is 10.1. The number of aryl methyl sites for hydroxylation is 2. The molecule has 1 N–H and O–H groups in total. The highest BCUT2D eigenvalue weighted by Crippen LogP contribution is 2.28. The number of non-ortho nitro benzene ring substituents is 1. The molecule has 0 aliphatic carbocycles. The van der Waals surface area contributed by atoms with Crippen molar-refractivity contribution in [3.63, 3.8) is 0 Å². The number of allylic oxidation sites excluding steroid dienone is 1. The van der Waals surface area contributed by atoms with Gasteiger partial charge in [-0.15, -0.1) is 6.58 Å². The van der Waals surface area contributed by atoms with Crippen LogP contribution in [-0.2, 0) is 11.2 Å². The van der Waals surface area contributed by atoms with Crippen LogP contribution in [0.5, 0.6) is 5.75 Å². The summed E-state index contributed by atoms with van der Waals surface area (Å²) in [7, 11) is 0. The van der Waals surface area contributed by atoms with E-state index in [-0.39, 0.29) is 17.1 Å². The fourth-order valence-electron chi connectivity index (χ4n) is 2.52. The maximum absolute atomic E-state index is 12.2. The van der Waals surface area contributed by atoms with Crippen LogP contribution < -0.4 is 10.1 Å². The Morgan fingerprint density at radius 3 is 2.43 bits per heavy atom. The number of nitrogens with one attached hydrogen (secondary N) is 1. The third kappa shape index (κ3) is 4.91. The molecule has 2 rings (SSSR count). The lowest BCUT2D eigenvalue weighted by Crippen LogP contribution is -2.21. The van der Waals surface area contributed by atoms with Gasteiger partial charge in [0.1, 0.15) is 11.4 Å². The van der Waals surface area contributed by atoms with Crippen molar-refractivity contribution in [2.24, 2.45) is 0 Å². The minimum absolute atomic E-state index is 0.0803. The molecule has 0 bridgehead atoms. The SMILES string of the molecule is C=CCc1cc([N+](=O)[O-])ccc1OCC(=O)Nc1cc(C)c(C)cc1[N+](=O)[O-]. The van der Waals surface area contributed by atoms with Crippen molar-refractivity contribution < 1.29 is 19.4 Å². The zero-order valence-electron chi connectivity index (χ0n) is 15.4. The van der Waals surface area contributed by atoms with Gasteiger partial charge in [0.25, 0.3) is 17.3 Å². The fourth-order valence-corrected chi connectivity index (χ4v) is 2.52. The van der Waals surface area contributed by atoms with Crippen LogP contribution in [0.1, 0.15) is 16.7 Å². The summed E-state index contributed by atoms with van der Waals surface area (Å²) in [6.07, 6.45) is 1.88. The number of rotatable bonds is 8. The fraction of sp³-hybridized carbons (Fsp3) is 0.211. The number of hydrogen-bond donors (Lipinski definition) is 1. The van der Waals surface area contributed by atoms with Crippen molar-refractivity contribution in [1.29, 1.82) is 0 Å². The summed E-state index contributed by atoms with van der Waals surface area (Å²) in [5.74, 6) is -0.288. The lowest BCUT2D eigenvalue weighted by molar-refractivity contribution is -0.385. The van der Waals surface area contributed by atoms with Gasteiger partial charge in [0.05, 0.1) is 9.85 Å². The third-order valence-electron chi connectivity index (χ3n) is 4.06. The van der Waals surface area contributed by atoms with E-state index in [0.717, 1.165) is 11.1 Å². The van der Waals surface area contributed by atoms with E-state index in [1.54, 1.807) is 19.9 Å². The molecule has 28 heavy (non-hydrogen) atoms. The average Bonchev–Trinajstić information content (AvgIpc) is 2.63. The number of ether oxygens (including phenoxy) is 1. The number of amides is 1. The van der Waals surface area contributed by atoms with Crippen molar-refractivity contribution in [3.05, 3.63) is 79.9 Å². The molecule has 9 nitrogen and oxygen atoms in total. The van der Waals surface area contributed by atoms with Crippen LogP contribution in [0.15, 0.2) is 43.0 Å². The second-order valence-electron chi connectivity index (χ2n) is 6.09. The zero-order valence-corrected chi connectivity index (χ0v) is 15.4. The molecule has 9 heteroatoms. The Labute approximate surface area is 160 Å². The standard InChI is InChI=1S/C19H19N3O6/c1-4-5-14-10-15(21(24)25)6-7-18(14)28-11-19(23)20-16-8-12(2)13(3)9-17(16)22(26)27/h4,6-10H,1,5,11H2,2-3H3,(H,20,23). The molecule has 0 spiro atoms. The highest BCUT2D eigenvalue weighted by Gasteiger charge is 2.18. The van der Waals surface area contributed by atoms with E-state index in [2.05, 4.69) is 11.9 Å². The van der Waals surface area contributed by atoms with Gasteiger partial charge in [-0.1, -0.05) is 6.08 Å². The summed E-state index contributed by atoms with van der Waals surface area (Å²) in [5.41, 5.74) is 1.82. The van der Waals surface area contributed by atoms with Crippen LogP contribution in [0.3, 0.4) is 0 Å². The van der Waals surface area contributed by atoms with Gasteiger partial charge in [0, 0.05) is 23.8 Å². The summed E-state index contributed by atoms with van der Waals surface area (Å²) in [6, 6.07) is 6.95. The molecular formula is C19H19N3O6. The largest absolute Gasteiger partial charge is 0.483 e. The molecule has 1 amide bonds. The summed E-state index contributed by atoms with van der Waals surface area (Å²) in [5, 5.41) is 24.6. The van der Waals surface area contributed by atoms with Crippen molar-refractivity contribution in [2.75, 3.05) is 11.9 Å². The van der Waals surface area contributed by atoms with E-state index in [4.69, 9.17) is 4.74 Å². The highest BCUT2D eigenvalue weighted by atomic mass is 16.6. The van der Waals surface area contributed by atoms with Crippen molar-refractivity contribution in [3.8, 4) is 5.75 Å². The van der Waals surface area contributed by atoms with Crippen molar-refractivity contribution in [2.45, 2.75) is 20.3 Å². The summed E-state index contributed by atoms with van der Waals surface area (Å²) in [6.45, 7) is 6.71. The molecule has 0 heterocycles. The maximum Gasteiger partial charge on any atom is 0.293 e. The number of benzene rings is 2. The second kappa shape index (κ2) is 8.76. The molecule has 0 fully saturated rings. The first-order valence-corrected chi connectivity index (χ1v) is 8.29. The Balaban J connectivity index is 2.15. The van der Waals surface area contributed by atoms with Gasteiger partial charge < -0.3 is 10.1 Å². The first-order valence-electron chi connectivity index (χ1n) is 8.29. The first-order chi connectivity index (χ1) is 13.2. The predicted octanol–water partition coefficient (Wildman–Crippen LogP) is 3.87. The molecule has 0 radical (unpaired) electrons. The molecule has 0 saturated heterocycles. The number of hydrogen-bond acceptors (Lipinski definition) is 6. The number of carbonyl (C=O) groups is 1. The minimum atomic E-state index is -0.589. The molecule has 0 aromatic heterocycles. The van der Waals surface area contributed by atoms with Crippen LogP contribution in [0.25, 0.3) is 0 Å². The molecule has 0 saturated carbocycles. The average molecular weight is 385 g/mol. The van der Waals surface area contributed by atoms with E-state index < -0.39 is 22.4 Å². The quantitative estimate of drug-likeness (QED) is 0.418. The molecular weight excluding hydrogens is 366 g/mol. The van der Waals surface area contributed by atoms with Crippen LogP contribution in [0.4, 0.5) is 17.1 Å². The molecule has 0 aliphatic rings. The Kier molecular flexibility index (Phi) is 6.43. The van der Waals surface area contributed by atoms with Gasteiger partial charge >= 0.3 is 0 Å². The highest BCUT2D eigenvalue weighted by molar-refractivity contribution is 5.94. The van der Waals surface area contributed by atoms with Crippen LogP contribution in [-0.4, -0.2) is 22.4 Å². The topological polar surface area (TPSA) is 125 Å². The molecule has 0 aliphatic heterocycles. The van der Waals surface area contributed by atoms with Gasteiger partial charge in [-0.3, -0.25) is 25.0 Å². The van der Waals surface area contributed by atoms with E-state index in [1.165, 1.54) is 30.3 Å². The lowest BCUT2D eigenvalue weighted by Gasteiger charge is -2.12. The summed E-state index contributed by atoms with van der Waals surface area (Å²) < 4.78 is 5.46. The first kappa shape index (κ1) is 20.6. The number of carbonyl (C=O) groups excluding carboxylic acids is 1. The van der Waals surface area contributed by atoms with Gasteiger partial charge in [-0.2, -0.15) is 0 Å². The van der Waals surface area contributed by atoms with Crippen molar-refractivity contribution in [1.82, 2.24) is 0 Å². The molecule has 2 aromatic rings. The van der Waals surface area contributed by atoms with E-state index in [9.17, 15) is 25.0 Å². The number of nitro benzene ring substituents is 2. The molecule has 0 unspecified atom stereocenters. The number of nitro groups is 2. The zero-order chi connectivity index (χ0) is 20.8. The smallest absolute Gasteiger partial charge is 0.293 e. The molecule has 146 valence electrons. The van der Waals surface area contributed by atoms with E-state index in [0.29, 0.717) is 17.7 Å². The Morgan fingerprint density at radius 1 is 1.14 bits per heavy atom. The number of nitrogens with zero attached hydrogens (tertiary/aromatic N) is 2. The van der Waals surface area contributed by atoms with E-state index in [1.807, 2.05) is 0 Å². The second-order valence-corrected chi connectivity index (χ2v) is 6.09. The van der Waals surface area contributed by atoms with Crippen LogP contribution >= 0.6 is 0 Å². The Morgan fingerprint density at radius 2 is 1.82 bits per heavy atom.